The number of carbonyl (C=O) groups excluding carboxylic acids is 1. The molecule has 2 aliphatic rings. The van der Waals surface area contributed by atoms with Crippen molar-refractivity contribution in [3.8, 4) is 0 Å². The molecule has 1 heterocycles. The van der Waals surface area contributed by atoms with E-state index in [4.69, 9.17) is 62.7 Å². The van der Waals surface area contributed by atoms with Gasteiger partial charge in [-0.15, -0.1) is 23.2 Å². The summed E-state index contributed by atoms with van der Waals surface area (Å²) >= 11 is 31.5. The summed E-state index contributed by atoms with van der Waals surface area (Å²) in [4.78, 5) is 12.7. The molecule has 182 valence electrons. The number of halogens is 7. The first-order chi connectivity index (χ1) is 16.6. The molecule has 1 saturated carbocycles. The summed E-state index contributed by atoms with van der Waals surface area (Å²) in [7, 11) is 0. The van der Waals surface area contributed by atoms with Gasteiger partial charge in [-0.25, -0.2) is 8.78 Å². The van der Waals surface area contributed by atoms with Gasteiger partial charge in [0, 0.05) is 27.6 Å². The van der Waals surface area contributed by atoms with Crippen LogP contribution in [0.5, 0.6) is 0 Å². The molecular weight excluding hydrogens is 564 g/mol. The van der Waals surface area contributed by atoms with Crippen molar-refractivity contribution in [2.45, 2.75) is 22.6 Å². The summed E-state index contributed by atoms with van der Waals surface area (Å²) in [6.07, 6.45) is -0.717. The highest BCUT2D eigenvalue weighted by atomic mass is 35.5. The lowest BCUT2D eigenvalue weighted by Gasteiger charge is -2.11. The first-order valence-corrected chi connectivity index (χ1v) is 12.3. The monoisotopic (exact) mass is 576 g/mol. The molecule has 0 bridgehead atoms. The average Bonchev–Trinajstić information content (AvgIpc) is 3.65. The van der Waals surface area contributed by atoms with Crippen molar-refractivity contribution in [3.63, 3.8) is 0 Å². The summed E-state index contributed by atoms with van der Waals surface area (Å²) in [5.74, 6) is -3.00. The van der Waals surface area contributed by atoms with Gasteiger partial charge in [-0.3, -0.25) is 4.79 Å². The predicted molar refractivity (Wildman–Crippen MR) is 135 cm³/mol. The molecule has 1 saturated heterocycles. The van der Waals surface area contributed by atoms with Crippen LogP contribution in [0.1, 0.15) is 21.8 Å². The van der Waals surface area contributed by atoms with Crippen LogP contribution in [-0.4, -0.2) is 22.6 Å². The van der Waals surface area contributed by atoms with Gasteiger partial charge in [0.1, 0.15) is 27.8 Å². The van der Waals surface area contributed by atoms with Crippen molar-refractivity contribution in [3.05, 3.63) is 92.4 Å². The lowest BCUT2D eigenvalue weighted by atomic mass is 10.1. The Labute approximate surface area is 224 Å². The minimum absolute atomic E-state index is 0.0263. The van der Waals surface area contributed by atoms with Gasteiger partial charge < -0.3 is 15.4 Å². The summed E-state index contributed by atoms with van der Waals surface area (Å²) in [6, 6.07) is 13.1. The molecule has 3 aromatic rings. The molecule has 35 heavy (non-hydrogen) atoms. The molecule has 2 N–H and O–H groups in total. The third kappa shape index (κ3) is 4.93. The van der Waals surface area contributed by atoms with Gasteiger partial charge in [0.15, 0.2) is 6.23 Å². The van der Waals surface area contributed by atoms with Crippen molar-refractivity contribution >= 4 is 75.3 Å². The largest absolute Gasteiger partial charge is 0.358 e. The Morgan fingerprint density at radius 3 is 2.26 bits per heavy atom. The van der Waals surface area contributed by atoms with E-state index in [1.165, 1.54) is 18.2 Å². The first-order valence-electron chi connectivity index (χ1n) is 10.4. The fourth-order valence-electron chi connectivity index (χ4n) is 4.21. The molecule has 4 nitrogen and oxygen atoms in total. The number of para-hydroxylation sites is 1. The molecule has 0 spiro atoms. The molecule has 5 rings (SSSR count). The van der Waals surface area contributed by atoms with Crippen LogP contribution in [0.25, 0.3) is 0 Å². The maximum absolute atomic E-state index is 13.9. The van der Waals surface area contributed by atoms with Gasteiger partial charge >= 0.3 is 0 Å². The highest BCUT2D eigenvalue weighted by Gasteiger charge is 2.72. The van der Waals surface area contributed by atoms with E-state index in [-0.39, 0.29) is 28.5 Å². The van der Waals surface area contributed by atoms with Crippen LogP contribution in [0.15, 0.2) is 54.6 Å². The highest BCUT2D eigenvalue weighted by Crippen LogP contribution is 2.69. The zero-order valence-electron chi connectivity index (χ0n) is 17.5. The SMILES string of the molecule is O=C(Nc1c(F)cccc1F)c1cc(NC2OC2C2C(c3cc(Cl)cc(Cl)c3)C2(Cl)Cl)ccc1Cl. The van der Waals surface area contributed by atoms with E-state index in [0.717, 1.165) is 17.7 Å². The third-order valence-electron chi connectivity index (χ3n) is 5.95. The van der Waals surface area contributed by atoms with E-state index in [0.29, 0.717) is 15.7 Å². The maximum atomic E-state index is 13.9. The Kier molecular flexibility index (Phi) is 6.58. The third-order valence-corrected chi connectivity index (χ3v) is 7.69. The van der Waals surface area contributed by atoms with Crippen LogP contribution < -0.4 is 10.6 Å². The molecule has 0 aromatic heterocycles. The topological polar surface area (TPSA) is 53.7 Å². The summed E-state index contributed by atoms with van der Waals surface area (Å²) in [6.45, 7) is 0. The Bertz CT molecular complexity index is 1300. The smallest absolute Gasteiger partial charge is 0.257 e. The first kappa shape index (κ1) is 24.9. The van der Waals surface area contributed by atoms with Crippen molar-refractivity contribution in [1.82, 2.24) is 0 Å². The number of epoxide rings is 1. The van der Waals surface area contributed by atoms with Crippen molar-refractivity contribution < 1.29 is 18.3 Å². The molecular formula is C24H15Cl5F2N2O2. The zero-order chi connectivity index (χ0) is 25.1. The molecule has 3 aromatic carbocycles. The van der Waals surface area contributed by atoms with Crippen LogP contribution in [0.3, 0.4) is 0 Å². The van der Waals surface area contributed by atoms with Gasteiger partial charge in [0.05, 0.1) is 10.6 Å². The fourth-order valence-corrected chi connectivity index (χ4v) is 5.85. The molecule has 1 aliphatic heterocycles. The lowest BCUT2D eigenvalue weighted by molar-refractivity contribution is 0.102. The van der Waals surface area contributed by atoms with Crippen LogP contribution in [0.4, 0.5) is 20.2 Å². The molecule has 2 fully saturated rings. The molecule has 0 radical (unpaired) electrons. The summed E-state index contributed by atoms with van der Waals surface area (Å²) < 4.78 is 32.6. The second kappa shape index (κ2) is 9.25. The number of amides is 1. The van der Waals surface area contributed by atoms with Crippen LogP contribution >= 0.6 is 58.0 Å². The van der Waals surface area contributed by atoms with Gasteiger partial charge in [-0.2, -0.15) is 0 Å². The van der Waals surface area contributed by atoms with Gasteiger partial charge in [0.25, 0.3) is 5.91 Å². The average molecular weight is 579 g/mol. The van der Waals surface area contributed by atoms with E-state index in [2.05, 4.69) is 10.6 Å². The predicted octanol–water partition coefficient (Wildman–Crippen LogP) is 7.90. The van der Waals surface area contributed by atoms with Gasteiger partial charge in [-0.05, 0) is 54.1 Å². The number of hydrogen-bond donors (Lipinski definition) is 2. The molecule has 1 amide bonds. The number of nitrogens with one attached hydrogen (secondary N) is 2. The standard InChI is InChI=1S/C24H15Cl5F2N2O2/c25-11-6-10(7-12(26)8-11)18-19(24(18,28)29)21-23(35-21)32-13-4-5-15(27)14(9-13)22(34)33-20-16(30)2-1-3-17(20)31/h1-9,18-19,21,23,32H,(H,33,34). The van der Waals surface area contributed by atoms with Gasteiger partial charge in [0.2, 0.25) is 0 Å². The van der Waals surface area contributed by atoms with E-state index >= 15 is 0 Å². The minimum atomic E-state index is -1.05. The highest BCUT2D eigenvalue weighted by molar-refractivity contribution is 6.52. The molecule has 11 heteroatoms. The lowest BCUT2D eigenvalue weighted by Crippen LogP contribution is -2.16. The second-order valence-corrected chi connectivity index (χ2v) is 11.0. The number of anilines is 2. The van der Waals surface area contributed by atoms with Crippen molar-refractivity contribution in [1.29, 1.82) is 0 Å². The molecule has 4 atom stereocenters. The number of hydrogen-bond acceptors (Lipinski definition) is 3. The van der Waals surface area contributed by atoms with Gasteiger partial charge in [-0.1, -0.05) is 40.9 Å². The number of ether oxygens (including phenoxy) is 1. The Hall–Kier alpha value is -1.80. The number of alkyl halides is 2. The van der Waals surface area contributed by atoms with Crippen molar-refractivity contribution in [2.75, 3.05) is 10.6 Å². The minimum Gasteiger partial charge on any atom is -0.358 e. The van der Waals surface area contributed by atoms with Crippen LogP contribution in [0.2, 0.25) is 15.1 Å². The molecule has 4 unspecified atom stereocenters. The maximum Gasteiger partial charge on any atom is 0.257 e. The van der Waals surface area contributed by atoms with E-state index in [1.807, 2.05) is 0 Å². The van der Waals surface area contributed by atoms with Crippen LogP contribution in [-0.2, 0) is 4.74 Å². The van der Waals surface area contributed by atoms with E-state index in [1.54, 1.807) is 24.3 Å². The fraction of sp³-hybridized carbons (Fsp3) is 0.208. The Morgan fingerprint density at radius 1 is 0.943 bits per heavy atom. The Morgan fingerprint density at radius 2 is 1.60 bits per heavy atom. The van der Waals surface area contributed by atoms with Crippen molar-refractivity contribution in [2.24, 2.45) is 5.92 Å². The van der Waals surface area contributed by atoms with E-state index < -0.39 is 33.8 Å². The Balaban J connectivity index is 1.28. The van der Waals surface area contributed by atoms with E-state index in [9.17, 15) is 13.6 Å². The number of benzene rings is 3. The molecule has 1 aliphatic carbocycles. The number of carbonyl (C=O) groups is 1. The van der Waals surface area contributed by atoms with Crippen LogP contribution in [0, 0.1) is 17.6 Å². The normalized spacial score (nSPS) is 24.1. The zero-order valence-corrected chi connectivity index (χ0v) is 21.2. The quantitative estimate of drug-likeness (QED) is 0.231. The summed E-state index contributed by atoms with van der Waals surface area (Å²) in [5.41, 5.74) is 0.800. The second-order valence-electron chi connectivity index (χ2n) is 8.29. The number of rotatable bonds is 6. The summed E-state index contributed by atoms with van der Waals surface area (Å²) in [5, 5.41) is 6.45.